The van der Waals surface area contributed by atoms with Gasteiger partial charge in [0.2, 0.25) is 0 Å². The van der Waals surface area contributed by atoms with Crippen molar-refractivity contribution in [1.82, 2.24) is 0 Å². The molecule has 3 aliphatic carbocycles. The van der Waals surface area contributed by atoms with Crippen molar-refractivity contribution in [3.8, 4) is 0 Å². The van der Waals surface area contributed by atoms with Gasteiger partial charge in [0, 0.05) is 17.9 Å². The van der Waals surface area contributed by atoms with Crippen molar-refractivity contribution in [2.24, 2.45) is 5.92 Å². The third-order valence-electron chi connectivity index (χ3n) is 9.63. The Kier molecular flexibility index (Phi) is 8.06. The normalized spacial score (nSPS) is 21.1. The number of hydrogen-bond acceptors (Lipinski definition) is 4. The summed E-state index contributed by atoms with van der Waals surface area (Å²) in [6.07, 6.45) is 12.6. The van der Waals surface area contributed by atoms with Crippen molar-refractivity contribution in [3.05, 3.63) is 129 Å². The first-order valence-electron chi connectivity index (χ1n) is 15.2. The fraction of sp³-hybridized carbons (Fsp3) is 0.342. The quantitative estimate of drug-likeness (QED) is 0.209. The number of allylic oxidation sites excluding steroid dienone is 4. The van der Waals surface area contributed by atoms with Gasteiger partial charge in [-0.2, -0.15) is 0 Å². The summed E-state index contributed by atoms with van der Waals surface area (Å²) < 4.78 is 4.87. The van der Waals surface area contributed by atoms with E-state index in [0.717, 1.165) is 47.9 Å². The molecule has 0 bridgehead atoms. The van der Waals surface area contributed by atoms with E-state index in [9.17, 15) is 14.4 Å². The standard InChI is InChI=1S/C38H38O4/c1-24-7-3-6-10-34(24)25-11-13-26(14-12-25)35-18-17-29(20-32(35)23-36(39)27-8-4-5-9-27)37(40)33-19-28-15-16-30(38(41)42-2)21-31(28)22-33/h3-8,10,15-18,20-21,25-26,33H,9,11-14,19,22-23H2,1-2H3. The van der Waals surface area contributed by atoms with Crippen LogP contribution in [0.1, 0.15) is 98.0 Å². The Bertz CT molecular complexity index is 1600. The summed E-state index contributed by atoms with van der Waals surface area (Å²) in [5.41, 5.74) is 9.24. The van der Waals surface area contributed by atoms with Crippen LogP contribution < -0.4 is 0 Å². The Hall–Kier alpha value is -4.05. The van der Waals surface area contributed by atoms with Gasteiger partial charge in [0.1, 0.15) is 0 Å². The first-order chi connectivity index (χ1) is 20.4. The molecule has 0 spiro atoms. The number of ketones is 2. The van der Waals surface area contributed by atoms with Crippen LogP contribution in [0.5, 0.6) is 0 Å². The molecule has 1 atom stereocenters. The summed E-state index contributed by atoms with van der Waals surface area (Å²) in [4.78, 5) is 39.1. The summed E-state index contributed by atoms with van der Waals surface area (Å²) in [6, 6.07) is 20.4. The number of Topliss-reactive ketones (excluding diaryl/α,β-unsaturated/α-hetero) is 2. The van der Waals surface area contributed by atoms with Gasteiger partial charge < -0.3 is 4.74 Å². The van der Waals surface area contributed by atoms with Crippen LogP contribution in [0.15, 0.2) is 84.5 Å². The highest BCUT2D eigenvalue weighted by Gasteiger charge is 2.31. The van der Waals surface area contributed by atoms with Crippen LogP contribution in [0.2, 0.25) is 0 Å². The molecular formula is C38H38O4. The van der Waals surface area contributed by atoms with E-state index in [1.807, 2.05) is 42.5 Å². The van der Waals surface area contributed by atoms with E-state index < -0.39 is 0 Å². The first-order valence-corrected chi connectivity index (χ1v) is 15.2. The highest BCUT2D eigenvalue weighted by Crippen LogP contribution is 2.43. The number of esters is 1. The lowest BCUT2D eigenvalue weighted by Crippen LogP contribution is -2.18. The van der Waals surface area contributed by atoms with Crippen molar-refractivity contribution >= 4 is 17.5 Å². The van der Waals surface area contributed by atoms with Gasteiger partial charge in [-0.3, -0.25) is 9.59 Å². The number of methoxy groups -OCH3 is 1. The predicted molar refractivity (Wildman–Crippen MR) is 165 cm³/mol. The average molecular weight is 559 g/mol. The van der Waals surface area contributed by atoms with Gasteiger partial charge in [0.05, 0.1) is 12.7 Å². The van der Waals surface area contributed by atoms with Crippen molar-refractivity contribution in [3.63, 3.8) is 0 Å². The van der Waals surface area contributed by atoms with Gasteiger partial charge in [0.15, 0.2) is 11.6 Å². The molecule has 0 heterocycles. The molecule has 0 N–H and O–H groups in total. The molecule has 3 aromatic carbocycles. The van der Waals surface area contributed by atoms with Gasteiger partial charge in [-0.1, -0.05) is 60.7 Å². The zero-order valence-corrected chi connectivity index (χ0v) is 24.5. The second kappa shape index (κ2) is 12.1. The fourth-order valence-corrected chi connectivity index (χ4v) is 7.30. The van der Waals surface area contributed by atoms with Crippen LogP contribution in [0.25, 0.3) is 0 Å². The van der Waals surface area contributed by atoms with Gasteiger partial charge in [0.25, 0.3) is 0 Å². The molecule has 214 valence electrons. The molecule has 1 saturated carbocycles. The monoisotopic (exact) mass is 558 g/mol. The van der Waals surface area contributed by atoms with Crippen LogP contribution in [-0.4, -0.2) is 24.6 Å². The van der Waals surface area contributed by atoms with E-state index in [-0.39, 0.29) is 23.5 Å². The van der Waals surface area contributed by atoms with Gasteiger partial charge in [-0.15, -0.1) is 0 Å². The third kappa shape index (κ3) is 5.68. The Labute approximate surface area is 248 Å². The summed E-state index contributed by atoms with van der Waals surface area (Å²) in [5, 5.41) is 0. The fourth-order valence-electron chi connectivity index (χ4n) is 7.30. The number of ether oxygens (including phenoxy) is 1. The van der Waals surface area contributed by atoms with Crippen LogP contribution in [0.3, 0.4) is 0 Å². The number of fused-ring (bicyclic) bond motifs is 1. The third-order valence-corrected chi connectivity index (χ3v) is 9.63. The molecule has 1 fully saturated rings. The molecule has 0 radical (unpaired) electrons. The number of carbonyl (C=O) groups is 3. The first kappa shape index (κ1) is 28.1. The lowest BCUT2D eigenvalue weighted by atomic mass is 9.73. The van der Waals surface area contributed by atoms with Crippen LogP contribution in [0, 0.1) is 12.8 Å². The maximum absolute atomic E-state index is 13.8. The zero-order valence-electron chi connectivity index (χ0n) is 24.5. The average Bonchev–Trinajstić information content (AvgIpc) is 3.71. The van der Waals surface area contributed by atoms with E-state index in [1.54, 1.807) is 6.07 Å². The summed E-state index contributed by atoms with van der Waals surface area (Å²) >= 11 is 0. The minimum Gasteiger partial charge on any atom is -0.465 e. The lowest BCUT2D eigenvalue weighted by molar-refractivity contribution is -0.115. The minimum atomic E-state index is -0.363. The van der Waals surface area contributed by atoms with Crippen LogP contribution >= 0.6 is 0 Å². The summed E-state index contributed by atoms with van der Waals surface area (Å²) in [5.74, 6) is 0.679. The smallest absolute Gasteiger partial charge is 0.337 e. The SMILES string of the molecule is COC(=O)c1ccc2c(c1)CC(C(=O)c1ccc(C3CCC(c4ccccc4C)CC3)c(CC(=O)C3=CC=CC3)c1)C2. The molecule has 0 aromatic heterocycles. The number of hydrogen-bond donors (Lipinski definition) is 0. The Morgan fingerprint density at radius 1 is 0.810 bits per heavy atom. The molecule has 6 rings (SSSR count). The van der Waals surface area contributed by atoms with Gasteiger partial charge >= 0.3 is 5.97 Å². The van der Waals surface area contributed by atoms with E-state index in [4.69, 9.17) is 4.74 Å². The molecule has 3 aromatic rings. The topological polar surface area (TPSA) is 60.4 Å². The van der Waals surface area contributed by atoms with Crippen LogP contribution in [-0.2, 0) is 28.8 Å². The van der Waals surface area contributed by atoms with Crippen LogP contribution in [0.4, 0.5) is 0 Å². The molecule has 3 aliphatic rings. The molecule has 0 saturated heterocycles. The predicted octanol–water partition coefficient (Wildman–Crippen LogP) is 7.82. The molecular weight excluding hydrogens is 520 g/mol. The van der Waals surface area contributed by atoms with Crippen molar-refractivity contribution in [2.45, 2.75) is 70.1 Å². The lowest BCUT2D eigenvalue weighted by Gasteiger charge is -2.31. The highest BCUT2D eigenvalue weighted by atomic mass is 16.5. The highest BCUT2D eigenvalue weighted by molar-refractivity contribution is 6.01. The second-order valence-corrected chi connectivity index (χ2v) is 12.2. The molecule has 4 heteroatoms. The van der Waals surface area contributed by atoms with Crippen molar-refractivity contribution in [1.29, 1.82) is 0 Å². The van der Waals surface area contributed by atoms with E-state index >= 15 is 0 Å². The summed E-state index contributed by atoms with van der Waals surface area (Å²) in [7, 11) is 1.38. The van der Waals surface area contributed by atoms with Crippen molar-refractivity contribution in [2.75, 3.05) is 7.11 Å². The van der Waals surface area contributed by atoms with Crippen molar-refractivity contribution < 1.29 is 19.1 Å². The molecule has 0 amide bonds. The Morgan fingerprint density at radius 3 is 2.24 bits per heavy atom. The maximum Gasteiger partial charge on any atom is 0.337 e. The molecule has 1 unspecified atom stereocenters. The largest absolute Gasteiger partial charge is 0.465 e. The number of aryl methyl sites for hydroxylation is 1. The van der Waals surface area contributed by atoms with Gasteiger partial charge in [-0.05, 0) is 121 Å². The second-order valence-electron chi connectivity index (χ2n) is 12.2. The minimum absolute atomic E-state index is 0.107. The van der Waals surface area contributed by atoms with E-state index in [2.05, 4.69) is 37.3 Å². The number of rotatable bonds is 8. The number of carbonyl (C=O) groups excluding carboxylic acids is 3. The van der Waals surface area contributed by atoms with E-state index in [1.165, 1.54) is 23.8 Å². The zero-order chi connectivity index (χ0) is 29.2. The summed E-state index contributed by atoms with van der Waals surface area (Å²) in [6.45, 7) is 2.20. The Morgan fingerprint density at radius 2 is 1.52 bits per heavy atom. The molecule has 4 nitrogen and oxygen atoms in total. The van der Waals surface area contributed by atoms with Gasteiger partial charge in [-0.25, -0.2) is 4.79 Å². The number of benzene rings is 3. The Balaban J connectivity index is 1.23. The molecule has 0 aliphatic heterocycles. The molecule has 42 heavy (non-hydrogen) atoms. The maximum atomic E-state index is 13.8. The van der Waals surface area contributed by atoms with E-state index in [0.29, 0.717) is 48.6 Å².